The Morgan fingerprint density at radius 2 is 2.11 bits per heavy atom. The summed E-state index contributed by atoms with van der Waals surface area (Å²) in [5.41, 5.74) is 8.12. The van der Waals surface area contributed by atoms with Crippen LogP contribution in [0.2, 0.25) is 0 Å². The first kappa shape index (κ1) is 15.5. The van der Waals surface area contributed by atoms with Crippen LogP contribution >= 0.6 is 0 Å². The molecule has 0 saturated carbocycles. The fourth-order valence-corrected chi connectivity index (χ4v) is 1.78. The molecule has 0 aromatic heterocycles. The minimum atomic E-state index is -0.0571. The van der Waals surface area contributed by atoms with E-state index in [-0.39, 0.29) is 11.9 Å². The Morgan fingerprint density at radius 3 is 2.68 bits per heavy atom. The molecule has 0 aliphatic carbocycles. The van der Waals surface area contributed by atoms with Crippen LogP contribution in [0.15, 0.2) is 18.2 Å². The second-order valence-corrected chi connectivity index (χ2v) is 5.07. The van der Waals surface area contributed by atoms with E-state index in [1.807, 2.05) is 32.0 Å². The molecular formula is C15H24N2O2. The smallest absolute Gasteiger partial charge is 0.222 e. The van der Waals surface area contributed by atoms with E-state index in [9.17, 15) is 4.79 Å². The molecule has 0 saturated heterocycles. The zero-order chi connectivity index (χ0) is 14.4. The molecule has 0 radical (unpaired) electrons. The van der Waals surface area contributed by atoms with Crippen molar-refractivity contribution in [3.8, 4) is 5.75 Å². The van der Waals surface area contributed by atoms with E-state index in [0.717, 1.165) is 11.3 Å². The molecule has 106 valence electrons. The Bertz CT molecular complexity index is 428. The van der Waals surface area contributed by atoms with Crippen LogP contribution in [-0.2, 0) is 4.79 Å². The van der Waals surface area contributed by atoms with Crippen molar-refractivity contribution in [3.05, 3.63) is 29.3 Å². The van der Waals surface area contributed by atoms with E-state index in [1.165, 1.54) is 5.56 Å². The van der Waals surface area contributed by atoms with Crippen LogP contribution in [-0.4, -0.2) is 31.5 Å². The molecule has 0 bridgehead atoms. The zero-order valence-electron chi connectivity index (χ0n) is 12.3. The third-order valence-electron chi connectivity index (χ3n) is 2.95. The van der Waals surface area contributed by atoms with Gasteiger partial charge in [-0.15, -0.1) is 0 Å². The van der Waals surface area contributed by atoms with Crippen molar-refractivity contribution >= 4 is 5.91 Å². The average Bonchev–Trinajstić information content (AvgIpc) is 2.35. The van der Waals surface area contributed by atoms with Crippen molar-refractivity contribution in [1.29, 1.82) is 0 Å². The standard InChI is InChI=1S/C15H24N2O2/c1-11-7-8-14(13(10-11)12(2)16)19-9-5-6-15(18)17(3)4/h7-8,10,12H,5-6,9,16H2,1-4H3/t12-/m1/s1. The van der Waals surface area contributed by atoms with E-state index in [1.54, 1.807) is 19.0 Å². The SMILES string of the molecule is Cc1ccc(OCCCC(=O)N(C)C)c([C@@H](C)N)c1. The van der Waals surface area contributed by atoms with Crippen molar-refractivity contribution in [2.45, 2.75) is 32.7 Å². The summed E-state index contributed by atoms with van der Waals surface area (Å²) in [5.74, 6) is 0.942. The van der Waals surface area contributed by atoms with Gasteiger partial charge in [-0.3, -0.25) is 4.79 Å². The highest BCUT2D eigenvalue weighted by molar-refractivity contribution is 5.75. The number of hydrogen-bond acceptors (Lipinski definition) is 3. The summed E-state index contributed by atoms with van der Waals surface area (Å²) in [6.07, 6.45) is 1.22. The molecule has 1 aromatic carbocycles. The molecule has 4 heteroatoms. The number of nitrogens with two attached hydrogens (primary N) is 1. The average molecular weight is 264 g/mol. The van der Waals surface area contributed by atoms with Gasteiger partial charge in [0.25, 0.3) is 0 Å². The quantitative estimate of drug-likeness (QED) is 0.802. The molecule has 1 rings (SSSR count). The van der Waals surface area contributed by atoms with Gasteiger partial charge < -0.3 is 15.4 Å². The molecule has 0 spiro atoms. The summed E-state index contributed by atoms with van der Waals surface area (Å²) >= 11 is 0. The minimum Gasteiger partial charge on any atom is -0.493 e. The third-order valence-corrected chi connectivity index (χ3v) is 2.95. The number of ether oxygens (including phenoxy) is 1. The zero-order valence-corrected chi connectivity index (χ0v) is 12.3. The number of rotatable bonds is 6. The van der Waals surface area contributed by atoms with Gasteiger partial charge in [0.1, 0.15) is 5.75 Å². The van der Waals surface area contributed by atoms with Gasteiger partial charge in [-0.25, -0.2) is 0 Å². The maximum absolute atomic E-state index is 11.4. The lowest BCUT2D eigenvalue weighted by atomic mass is 10.1. The maximum Gasteiger partial charge on any atom is 0.222 e. The van der Waals surface area contributed by atoms with Gasteiger partial charge in [-0.05, 0) is 26.3 Å². The Kier molecular flexibility index (Phi) is 5.83. The number of amides is 1. The Morgan fingerprint density at radius 1 is 1.42 bits per heavy atom. The Labute approximate surface area is 115 Å². The van der Waals surface area contributed by atoms with Crippen molar-refractivity contribution < 1.29 is 9.53 Å². The number of carbonyl (C=O) groups excluding carboxylic acids is 1. The number of nitrogens with zero attached hydrogens (tertiary/aromatic N) is 1. The highest BCUT2D eigenvalue weighted by Gasteiger charge is 2.09. The molecule has 0 heterocycles. The first-order valence-corrected chi connectivity index (χ1v) is 6.61. The van der Waals surface area contributed by atoms with Gasteiger partial charge in [0.2, 0.25) is 5.91 Å². The lowest BCUT2D eigenvalue weighted by molar-refractivity contribution is -0.128. The van der Waals surface area contributed by atoms with Gasteiger partial charge in [0, 0.05) is 32.1 Å². The molecular weight excluding hydrogens is 240 g/mol. The second-order valence-electron chi connectivity index (χ2n) is 5.07. The first-order chi connectivity index (χ1) is 8.91. The molecule has 19 heavy (non-hydrogen) atoms. The van der Waals surface area contributed by atoms with Crippen molar-refractivity contribution in [3.63, 3.8) is 0 Å². The third kappa shape index (κ3) is 4.91. The van der Waals surface area contributed by atoms with Crippen LogP contribution in [0.1, 0.15) is 36.9 Å². The Balaban J connectivity index is 2.52. The van der Waals surface area contributed by atoms with Crippen molar-refractivity contribution in [2.24, 2.45) is 5.73 Å². The molecule has 1 amide bonds. The molecule has 4 nitrogen and oxygen atoms in total. The Hall–Kier alpha value is -1.55. The van der Waals surface area contributed by atoms with Gasteiger partial charge in [-0.1, -0.05) is 17.7 Å². The molecule has 2 N–H and O–H groups in total. The predicted molar refractivity (Wildman–Crippen MR) is 77.2 cm³/mol. The predicted octanol–water partition coefficient (Wildman–Crippen LogP) is 2.26. The molecule has 0 unspecified atom stereocenters. The van der Waals surface area contributed by atoms with Crippen LogP contribution in [0.3, 0.4) is 0 Å². The summed E-state index contributed by atoms with van der Waals surface area (Å²) in [6, 6.07) is 5.94. The van der Waals surface area contributed by atoms with Gasteiger partial charge in [0.15, 0.2) is 0 Å². The molecule has 0 aliphatic rings. The van der Waals surface area contributed by atoms with E-state index in [4.69, 9.17) is 10.5 Å². The lowest BCUT2D eigenvalue weighted by Gasteiger charge is -2.15. The molecule has 1 atom stereocenters. The number of hydrogen-bond donors (Lipinski definition) is 1. The maximum atomic E-state index is 11.4. The minimum absolute atomic E-state index is 0.0571. The summed E-state index contributed by atoms with van der Waals surface area (Å²) in [6.45, 7) is 4.50. The van der Waals surface area contributed by atoms with E-state index >= 15 is 0 Å². The van der Waals surface area contributed by atoms with Crippen LogP contribution < -0.4 is 10.5 Å². The van der Waals surface area contributed by atoms with Crippen molar-refractivity contribution in [2.75, 3.05) is 20.7 Å². The van der Waals surface area contributed by atoms with Gasteiger partial charge in [-0.2, -0.15) is 0 Å². The first-order valence-electron chi connectivity index (χ1n) is 6.61. The van der Waals surface area contributed by atoms with E-state index in [2.05, 4.69) is 0 Å². The number of carbonyl (C=O) groups is 1. The highest BCUT2D eigenvalue weighted by Crippen LogP contribution is 2.25. The molecule has 0 aliphatic heterocycles. The number of benzene rings is 1. The van der Waals surface area contributed by atoms with Crippen LogP contribution in [0.4, 0.5) is 0 Å². The lowest BCUT2D eigenvalue weighted by Crippen LogP contribution is -2.21. The van der Waals surface area contributed by atoms with Crippen LogP contribution in [0.25, 0.3) is 0 Å². The number of aryl methyl sites for hydroxylation is 1. The summed E-state index contributed by atoms with van der Waals surface area (Å²) in [7, 11) is 3.52. The largest absolute Gasteiger partial charge is 0.493 e. The fourth-order valence-electron chi connectivity index (χ4n) is 1.78. The second kappa shape index (κ2) is 7.14. The highest BCUT2D eigenvalue weighted by atomic mass is 16.5. The topological polar surface area (TPSA) is 55.6 Å². The van der Waals surface area contributed by atoms with Crippen LogP contribution in [0.5, 0.6) is 5.75 Å². The fraction of sp³-hybridized carbons (Fsp3) is 0.533. The van der Waals surface area contributed by atoms with E-state index < -0.39 is 0 Å². The van der Waals surface area contributed by atoms with Gasteiger partial charge >= 0.3 is 0 Å². The monoisotopic (exact) mass is 264 g/mol. The normalized spacial score (nSPS) is 12.1. The van der Waals surface area contributed by atoms with Crippen molar-refractivity contribution in [1.82, 2.24) is 4.90 Å². The molecule has 0 fully saturated rings. The summed E-state index contributed by atoms with van der Waals surface area (Å²) in [4.78, 5) is 13.0. The van der Waals surface area contributed by atoms with E-state index in [0.29, 0.717) is 19.4 Å². The summed E-state index contributed by atoms with van der Waals surface area (Å²) < 4.78 is 5.73. The van der Waals surface area contributed by atoms with Crippen LogP contribution in [0, 0.1) is 6.92 Å². The van der Waals surface area contributed by atoms with Gasteiger partial charge in [0.05, 0.1) is 6.61 Å². The molecule has 1 aromatic rings. The summed E-state index contributed by atoms with van der Waals surface area (Å²) in [5, 5.41) is 0.